The molecule has 0 aliphatic rings. The summed E-state index contributed by atoms with van der Waals surface area (Å²) in [6, 6.07) is 0. The summed E-state index contributed by atoms with van der Waals surface area (Å²) < 4.78 is 5.05. The maximum atomic E-state index is 2.53. The van der Waals surface area contributed by atoms with Gasteiger partial charge in [-0.3, -0.25) is 0 Å². The molecule has 1 rings (SSSR count). The van der Waals surface area contributed by atoms with Crippen LogP contribution in [0.15, 0.2) is 12.4 Å². The minimum absolute atomic E-state index is 0.610. The van der Waals surface area contributed by atoms with Crippen molar-refractivity contribution in [3.05, 3.63) is 18.2 Å². The molecule has 1 aromatic heterocycles. The van der Waals surface area contributed by atoms with Crippen molar-refractivity contribution in [2.24, 2.45) is 0 Å². The molecule has 0 atom stereocenters. The summed E-state index contributed by atoms with van der Waals surface area (Å²) in [6.45, 7) is 11.7. The fourth-order valence-electron chi connectivity index (χ4n) is 4.00. The van der Waals surface area contributed by atoms with Gasteiger partial charge in [-0.25, -0.2) is 9.13 Å². The van der Waals surface area contributed by atoms with E-state index < -0.39 is 0 Å². The van der Waals surface area contributed by atoms with E-state index in [1.54, 1.807) is 0 Å². The zero-order valence-electron chi connectivity index (χ0n) is 18.4. The molecule has 0 saturated heterocycles. The first-order valence-electron chi connectivity index (χ1n) is 11.8. The first-order chi connectivity index (χ1) is 12.7. The summed E-state index contributed by atoms with van der Waals surface area (Å²) in [6.07, 6.45) is 24.1. The van der Waals surface area contributed by atoms with Crippen LogP contribution < -0.4 is 4.57 Å². The van der Waals surface area contributed by atoms with E-state index in [0.29, 0.717) is 5.92 Å². The Labute approximate surface area is 164 Å². The Morgan fingerprint density at radius 3 is 1.77 bits per heavy atom. The van der Waals surface area contributed by atoms with E-state index in [1.165, 1.54) is 109 Å². The number of nitrogens with zero attached hydrogens (tertiary/aromatic N) is 2. The number of unbranched alkanes of at least 4 members (excludes halogenated alkanes) is 12. The van der Waals surface area contributed by atoms with Crippen molar-refractivity contribution >= 4 is 0 Å². The summed E-state index contributed by atoms with van der Waals surface area (Å²) in [4.78, 5) is 0. The molecular weight excluding hydrogens is 316 g/mol. The molecule has 26 heavy (non-hydrogen) atoms. The predicted molar refractivity (Wildman–Crippen MR) is 115 cm³/mol. The normalized spacial score (nSPS) is 11.6. The molecule has 2 nitrogen and oxygen atoms in total. The Balaban J connectivity index is 2.30. The molecule has 0 saturated carbocycles. The van der Waals surface area contributed by atoms with E-state index in [2.05, 4.69) is 49.2 Å². The highest BCUT2D eigenvalue weighted by Crippen LogP contribution is 2.14. The van der Waals surface area contributed by atoms with E-state index in [1.807, 2.05) is 0 Å². The third-order valence-electron chi connectivity index (χ3n) is 5.54. The molecule has 0 fully saturated rings. The third-order valence-corrected chi connectivity index (χ3v) is 5.54. The SMILES string of the molecule is CCCCCCCCCn1cc[n+](CCCCCCCCC)c1C(C)C. The van der Waals surface area contributed by atoms with Crippen LogP contribution in [0.1, 0.15) is 129 Å². The summed E-state index contributed by atoms with van der Waals surface area (Å²) >= 11 is 0. The van der Waals surface area contributed by atoms with Crippen molar-refractivity contribution in [3.8, 4) is 0 Å². The van der Waals surface area contributed by atoms with Crippen LogP contribution in [0, 0.1) is 0 Å². The molecular formula is C24H47N2+. The van der Waals surface area contributed by atoms with Gasteiger partial charge in [-0.15, -0.1) is 0 Å². The number of hydrogen-bond donors (Lipinski definition) is 0. The molecule has 0 radical (unpaired) electrons. The summed E-state index contributed by atoms with van der Waals surface area (Å²) in [7, 11) is 0. The Bertz CT molecular complexity index is 398. The maximum absolute atomic E-state index is 2.53. The zero-order chi connectivity index (χ0) is 19.0. The number of aromatic nitrogens is 2. The second-order valence-electron chi connectivity index (χ2n) is 8.44. The minimum atomic E-state index is 0.610. The van der Waals surface area contributed by atoms with Gasteiger partial charge in [-0.1, -0.05) is 91.9 Å². The fourth-order valence-corrected chi connectivity index (χ4v) is 4.00. The predicted octanol–water partition coefficient (Wildman–Crippen LogP) is 7.40. The number of aryl methyl sites for hydroxylation is 2. The average molecular weight is 364 g/mol. The Hall–Kier alpha value is -0.790. The molecule has 0 spiro atoms. The van der Waals surface area contributed by atoms with E-state index in [-0.39, 0.29) is 0 Å². The number of imidazole rings is 1. The Morgan fingerprint density at radius 2 is 1.23 bits per heavy atom. The first-order valence-corrected chi connectivity index (χ1v) is 11.8. The smallest absolute Gasteiger partial charge is 0.234 e. The van der Waals surface area contributed by atoms with Gasteiger partial charge in [0.15, 0.2) is 0 Å². The summed E-state index contributed by atoms with van der Waals surface area (Å²) in [5, 5.41) is 0. The van der Waals surface area contributed by atoms with Crippen molar-refractivity contribution in [2.45, 2.75) is 137 Å². The molecule has 0 aromatic carbocycles. The first kappa shape index (κ1) is 23.2. The van der Waals surface area contributed by atoms with Gasteiger partial charge >= 0.3 is 0 Å². The van der Waals surface area contributed by atoms with Crippen molar-refractivity contribution in [3.63, 3.8) is 0 Å². The number of hydrogen-bond acceptors (Lipinski definition) is 0. The monoisotopic (exact) mass is 363 g/mol. The minimum Gasteiger partial charge on any atom is -0.234 e. The quantitative estimate of drug-likeness (QED) is 0.201. The summed E-state index contributed by atoms with van der Waals surface area (Å²) in [5.74, 6) is 2.14. The van der Waals surface area contributed by atoms with Gasteiger partial charge in [-0.05, 0) is 25.7 Å². The molecule has 0 N–H and O–H groups in total. The van der Waals surface area contributed by atoms with Gasteiger partial charge in [0.05, 0.1) is 19.0 Å². The Kier molecular flexibility index (Phi) is 13.7. The van der Waals surface area contributed by atoms with Crippen molar-refractivity contribution < 1.29 is 4.57 Å². The lowest BCUT2D eigenvalue weighted by Gasteiger charge is -2.08. The largest absolute Gasteiger partial charge is 0.258 e. The second kappa shape index (κ2) is 15.3. The lowest BCUT2D eigenvalue weighted by molar-refractivity contribution is -0.705. The van der Waals surface area contributed by atoms with Crippen LogP contribution in [0.2, 0.25) is 0 Å². The van der Waals surface area contributed by atoms with Crippen molar-refractivity contribution in [2.75, 3.05) is 0 Å². The van der Waals surface area contributed by atoms with E-state index in [9.17, 15) is 0 Å². The van der Waals surface area contributed by atoms with Crippen molar-refractivity contribution in [1.82, 2.24) is 4.57 Å². The highest BCUT2D eigenvalue weighted by atomic mass is 15.1. The standard InChI is InChI=1S/C24H47N2/c1-5-7-9-11-13-15-17-19-25-21-22-26(24(25)23(3)4)20-18-16-14-12-10-8-6-2/h21-23H,5-20H2,1-4H3/q+1. The van der Waals surface area contributed by atoms with E-state index in [4.69, 9.17) is 0 Å². The van der Waals surface area contributed by atoms with Gasteiger partial charge in [-0.2, -0.15) is 0 Å². The van der Waals surface area contributed by atoms with Gasteiger partial charge in [0.25, 0.3) is 5.82 Å². The molecule has 0 unspecified atom stereocenters. The van der Waals surface area contributed by atoms with Crippen LogP contribution in [-0.4, -0.2) is 4.57 Å². The topological polar surface area (TPSA) is 8.81 Å². The molecule has 1 heterocycles. The molecule has 1 aromatic rings. The Morgan fingerprint density at radius 1 is 0.731 bits per heavy atom. The van der Waals surface area contributed by atoms with E-state index >= 15 is 0 Å². The lowest BCUT2D eigenvalue weighted by Crippen LogP contribution is -2.38. The second-order valence-corrected chi connectivity index (χ2v) is 8.44. The van der Waals surface area contributed by atoms with Crippen LogP contribution >= 0.6 is 0 Å². The number of rotatable bonds is 17. The molecule has 0 amide bonds. The molecule has 0 aliphatic carbocycles. The van der Waals surface area contributed by atoms with Crippen LogP contribution in [0.3, 0.4) is 0 Å². The molecule has 0 aliphatic heterocycles. The highest BCUT2D eigenvalue weighted by molar-refractivity contribution is 4.89. The van der Waals surface area contributed by atoms with Gasteiger partial charge in [0, 0.05) is 0 Å². The van der Waals surface area contributed by atoms with Crippen molar-refractivity contribution in [1.29, 1.82) is 0 Å². The third kappa shape index (κ3) is 9.78. The molecule has 0 bridgehead atoms. The highest BCUT2D eigenvalue weighted by Gasteiger charge is 2.19. The average Bonchev–Trinajstić information content (AvgIpc) is 3.03. The van der Waals surface area contributed by atoms with Gasteiger partial charge in [0.2, 0.25) is 0 Å². The fraction of sp³-hybridized carbons (Fsp3) is 0.875. The van der Waals surface area contributed by atoms with Crippen LogP contribution in [0.5, 0.6) is 0 Å². The van der Waals surface area contributed by atoms with Gasteiger partial charge in [0.1, 0.15) is 12.4 Å². The van der Waals surface area contributed by atoms with Crippen LogP contribution in [0.4, 0.5) is 0 Å². The van der Waals surface area contributed by atoms with E-state index in [0.717, 1.165) is 0 Å². The maximum Gasteiger partial charge on any atom is 0.258 e. The molecule has 152 valence electrons. The molecule has 2 heteroatoms. The van der Waals surface area contributed by atoms with Gasteiger partial charge < -0.3 is 0 Å². The van der Waals surface area contributed by atoms with Crippen LogP contribution in [0.25, 0.3) is 0 Å². The zero-order valence-corrected chi connectivity index (χ0v) is 18.4. The van der Waals surface area contributed by atoms with Crippen LogP contribution in [-0.2, 0) is 13.1 Å². The lowest BCUT2D eigenvalue weighted by atomic mass is 10.1. The summed E-state index contributed by atoms with van der Waals surface area (Å²) in [5.41, 5.74) is 0.